The van der Waals surface area contributed by atoms with Gasteiger partial charge in [0.15, 0.2) is 11.0 Å². The summed E-state index contributed by atoms with van der Waals surface area (Å²) in [4.78, 5) is 16.9. The fraction of sp³-hybridized carbons (Fsp3) is 0.353. The third kappa shape index (κ3) is 3.60. The monoisotopic (exact) mass is 384 g/mol. The quantitative estimate of drug-likeness (QED) is 0.863. The predicted octanol–water partition coefficient (Wildman–Crippen LogP) is 3.54. The highest BCUT2D eigenvalue weighted by Crippen LogP contribution is 2.27. The van der Waals surface area contributed by atoms with Gasteiger partial charge < -0.3 is 5.32 Å². The summed E-state index contributed by atoms with van der Waals surface area (Å²) in [6.07, 6.45) is -0.760. The van der Waals surface area contributed by atoms with Gasteiger partial charge in [-0.1, -0.05) is 29.8 Å². The topological polar surface area (TPSA) is 57.1 Å². The van der Waals surface area contributed by atoms with E-state index in [4.69, 9.17) is 11.6 Å². The molecule has 0 unspecified atom stereocenters. The van der Waals surface area contributed by atoms with Crippen LogP contribution in [-0.4, -0.2) is 35.0 Å². The van der Waals surface area contributed by atoms with Crippen LogP contribution < -0.4 is 5.32 Å². The summed E-state index contributed by atoms with van der Waals surface area (Å²) in [5.74, 6) is -1.16. The molecule has 138 valence electrons. The first kappa shape index (κ1) is 18.4. The smallest absolute Gasteiger partial charge is 0.266 e. The number of alkyl halides is 2. The Bertz CT molecular complexity index is 822. The van der Waals surface area contributed by atoms with Gasteiger partial charge in [-0.3, -0.25) is 9.79 Å². The molecule has 0 aliphatic carbocycles. The molecule has 2 aliphatic rings. The number of halogens is 4. The van der Waals surface area contributed by atoms with Crippen LogP contribution in [-0.2, 0) is 4.79 Å². The Balaban J connectivity index is 1.83. The number of amidine groups is 1. The van der Waals surface area contributed by atoms with E-state index < -0.39 is 29.8 Å². The molecule has 0 bridgehead atoms. The molecule has 2 aliphatic heterocycles. The average molecular weight is 385 g/mol. The molecule has 1 atom stereocenters. The van der Waals surface area contributed by atoms with E-state index in [1.807, 2.05) is 0 Å². The minimum Gasteiger partial charge on any atom is -0.345 e. The highest BCUT2D eigenvalue weighted by molar-refractivity contribution is 6.69. The molecular weight excluding hydrogens is 369 g/mol. The number of hydrazone groups is 1. The number of carbonyl (C=O) groups is 1. The highest BCUT2D eigenvalue weighted by atomic mass is 35.5. The van der Waals surface area contributed by atoms with Gasteiger partial charge in [-0.15, -0.1) is 0 Å². The maximum absolute atomic E-state index is 14.3. The number of allylic oxidation sites excluding steroid dienone is 1. The Morgan fingerprint density at radius 2 is 2.08 bits per heavy atom. The van der Waals surface area contributed by atoms with Crippen LogP contribution in [0.25, 0.3) is 0 Å². The van der Waals surface area contributed by atoms with Crippen LogP contribution in [0.3, 0.4) is 0 Å². The van der Waals surface area contributed by atoms with E-state index in [1.165, 1.54) is 25.1 Å². The minimum absolute atomic E-state index is 0.0187. The Kier molecular flexibility index (Phi) is 5.31. The second-order valence-corrected chi connectivity index (χ2v) is 6.30. The van der Waals surface area contributed by atoms with Crippen molar-refractivity contribution >= 4 is 28.5 Å². The van der Waals surface area contributed by atoms with E-state index in [0.29, 0.717) is 18.9 Å². The molecule has 1 aromatic carbocycles. The summed E-state index contributed by atoms with van der Waals surface area (Å²) in [5, 5.41) is 8.40. The fourth-order valence-corrected chi connectivity index (χ4v) is 3.03. The van der Waals surface area contributed by atoms with Crippen molar-refractivity contribution in [1.29, 1.82) is 0 Å². The lowest BCUT2D eigenvalue weighted by atomic mass is 10.0. The standard InChI is InChI=1S/C17H16ClF3N4O/c1-9(10-4-2-5-11(14(10)19)15(20)21)23-17(26)12-8-13(18)24-25-7-3-6-22-16(12)25/h2,4-5,8-9,15H,3,6-7H2,1H3,(H,23,26)/t9-/m1/s1. The SMILES string of the molecule is C[C@@H](NC(=O)C1=CC(Cl)=NN2CCCN=C12)c1cccc(C(F)F)c1F. The normalized spacial score (nSPS) is 17.9. The molecule has 0 fully saturated rings. The molecule has 2 heterocycles. The third-order valence-corrected chi connectivity index (χ3v) is 4.29. The zero-order valence-corrected chi connectivity index (χ0v) is 14.6. The van der Waals surface area contributed by atoms with Gasteiger partial charge in [0.05, 0.1) is 17.2 Å². The molecule has 5 nitrogen and oxygen atoms in total. The van der Waals surface area contributed by atoms with Crippen molar-refractivity contribution in [3.63, 3.8) is 0 Å². The van der Waals surface area contributed by atoms with Crippen molar-refractivity contribution in [3.05, 3.63) is 46.8 Å². The average Bonchev–Trinajstić information content (AvgIpc) is 2.60. The first-order valence-electron chi connectivity index (χ1n) is 8.04. The Morgan fingerprint density at radius 3 is 2.81 bits per heavy atom. The molecule has 0 radical (unpaired) electrons. The first-order valence-corrected chi connectivity index (χ1v) is 8.41. The van der Waals surface area contributed by atoms with Crippen molar-refractivity contribution in [3.8, 4) is 0 Å². The molecule has 3 rings (SSSR count). The van der Waals surface area contributed by atoms with E-state index in [0.717, 1.165) is 12.5 Å². The minimum atomic E-state index is -2.93. The largest absolute Gasteiger partial charge is 0.345 e. The molecule has 0 spiro atoms. The number of benzene rings is 1. The fourth-order valence-electron chi connectivity index (χ4n) is 2.83. The van der Waals surface area contributed by atoms with Crippen molar-refractivity contribution in [2.75, 3.05) is 13.1 Å². The molecule has 26 heavy (non-hydrogen) atoms. The number of nitrogens with zero attached hydrogens (tertiary/aromatic N) is 3. The van der Waals surface area contributed by atoms with Crippen LogP contribution in [0.5, 0.6) is 0 Å². The third-order valence-electron chi connectivity index (χ3n) is 4.11. The lowest BCUT2D eigenvalue weighted by Crippen LogP contribution is -2.41. The number of hydrogen-bond donors (Lipinski definition) is 1. The number of fused-ring (bicyclic) bond motifs is 1. The summed E-state index contributed by atoms with van der Waals surface area (Å²) in [6.45, 7) is 2.66. The maximum Gasteiger partial charge on any atom is 0.266 e. The van der Waals surface area contributed by atoms with Gasteiger partial charge in [0.25, 0.3) is 12.3 Å². The number of aliphatic imine (C=N–C) groups is 1. The lowest BCUT2D eigenvalue weighted by Gasteiger charge is -2.29. The number of nitrogens with one attached hydrogen (secondary N) is 1. The van der Waals surface area contributed by atoms with Crippen molar-refractivity contribution in [1.82, 2.24) is 10.3 Å². The molecule has 1 amide bonds. The number of rotatable bonds is 4. The Morgan fingerprint density at radius 1 is 1.35 bits per heavy atom. The molecule has 1 N–H and O–H groups in total. The zero-order chi connectivity index (χ0) is 18.8. The van der Waals surface area contributed by atoms with E-state index in [-0.39, 0.29) is 16.3 Å². The van der Waals surface area contributed by atoms with Crippen molar-refractivity contribution in [2.45, 2.75) is 25.8 Å². The van der Waals surface area contributed by atoms with Crippen LogP contribution in [0, 0.1) is 5.82 Å². The van der Waals surface area contributed by atoms with Crippen LogP contribution in [0.15, 0.2) is 39.9 Å². The second kappa shape index (κ2) is 7.49. The molecular formula is C17H16ClF3N4O. The van der Waals surface area contributed by atoms with Crippen molar-refractivity contribution in [2.24, 2.45) is 10.1 Å². The lowest BCUT2D eigenvalue weighted by molar-refractivity contribution is -0.117. The maximum atomic E-state index is 14.3. The van der Waals surface area contributed by atoms with Gasteiger partial charge in [0.1, 0.15) is 5.82 Å². The van der Waals surface area contributed by atoms with E-state index in [2.05, 4.69) is 15.4 Å². The van der Waals surface area contributed by atoms with Crippen molar-refractivity contribution < 1.29 is 18.0 Å². The summed E-state index contributed by atoms with van der Waals surface area (Å²) in [7, 11) is 0. The van der Waals surface area contributed by atoms with Gasteiger partial charge in [0, 0.05) is 18.7 Å². The van der Waals surface area contributed by atoms with E-state index in [1.54, 1.807) is 5.01 Å². The van der Waals surface area contributed by atoms with E-state index in [9.17, 15) is 18.0 Å². The summed E-state index contributed by atoms with van der Waals surface area (Å²) in [5.41, 5.74) is -0.504. The number of amides is 1. The summed E-state index contributed by atoms with van der Waals surface area (Å²) < 4.78 is 40.0. The molecule has 0 saturated carbocycles. The van der Waals surface area contributed by atoms with Gasteiger partial charge >= 0.3 is 0 Å². The number of hydrogen-bond acceptors (Lipinski definition) is 4. The molecule has 0 saturated heterocycles. The second-order valence-electron chi connectivity index (χ2n) is 5.91. The zero-order valence-electron chi connectivity index (χ0n) is 13.8. The van der Waals surface area contributed by atoms with Gasteiger partial charge in [-0.05, 0) is 19.4 Å². The Hall–Kier alpha value is -2.35. The number of carbonyl (C=O) groups excluding carboxylic acids is 1. The van der Waals surface area contributed by atoms with E-state index >= 15 is 0 Å². The summed E-state index contributed by atoms with van der Waals surface area (Å²) in [6, 6.07) is 2.89. The van der Waals surface area contributed by atoms with Crippen LogP contribution in [0.1, 0.15) is 36.9 Å². The molecule has 0 aromatic heterocycles. The molecule has 9 heteroatoms. The van der Waals surface area contributed by atoms with Gasteiger partial charge in [-0.2, -0.15) is 5.10 Å². The Labute approximate surface area is 153 Å². The molecule has 1 aromatic rings. The van der Waals surface area contributed by atoms with Crippen LogP contribution >= 0.6 is 11.6 Å². The van der Waals surface area contributed by atoms with Gasteiger partial charge in [-0.25, -0.2) is 18.2 Å². The van der Waals surface area contributed by atoms with Crippen LogP contribution in [0.2, 0.25) is 0 Å². The first-order chi connectivity index (χ1) is 12.4. The predicted molar refractivity (Wildman–Crippen MR) is 92.9 cm³/mol. The summed E-state index contributed by atoms with van der Waals surface area (Å²) >= 11 is 5.96. The van der Waals surface area contributed by atoms with Gasteiger partial charge in [0.2, 0.25) is 0 Å². The highest BCUT2D eigenvalue weighted by Gasteiger charge is 2.29. The van der Waals surface area contributed by atoms with Crippen LogP contribution in [0.4, 0.5) is 13.2 Å².